The van der Waals surface area contributed by atoms with Crippen LogP contribution in [-0.4, -0.2) is 48.9 Å². The predicted molar refractivity (Wildman–Crippen MR) is 84.7 cm³/mol. The molecule has 9 heteroatoms. The molecular weight excluding hydrogens is 324 g/mol. The number of furan rings is 1. The van der Waals surface area contributed by atoms with E-state index in [1.807, 2.05) is 6.20 Å². The van der Waals surface area contributed by atoms with Gasteiger partial charge in [0.05, 0.1) is 24.7 Å². The molecular formula is C16H16N6O3. The lowest BCUT2D eigenvalue weighted by molar-refractivity contribution is 0.0755. The Labute approximate surface area is 143 Å². The molecule has 9 nitrogen and oxygen atoms in total. The van der Waals surface area contributed by atoms with E-state index in [2.05, 4.69) is 20.3 Å². The van der Waals surface area contributed by atoms with Crippen LogP contribution in [0, 0.1) is 0 Å². The average Bonchev–Trinajstić information content (AvgIpc) is 3.41. The maximum absolute atomic E-state index is 12.3. The zero-order valence-corrected chi connectivity index (χ0v) is 13.4. The smallest absolute Gasteiger partial charge is 0.289 e. The van der Waals surface area contributed by atoms with Crippen molar-refractivity contribution < 1.29 is 13.9 Å². The number of aromatic nitrogens is 5. The molecule has 4 rings (SSSR count). The van der Waals surface area contributed by atoms with Crippen LogP contribution < -0.4 is 4.74 Å². The van der Waals surface area contributed by atoms with Crippen molar-refractivity contribution in [3.8, 4) is 5.88 Å². The lowest BCUT2D eigenvalue weighted by atomic mass is 10.3. The molecule has 1 unspecified atom stereocenters. The molecule has 1 aliphatic rings. The van der Waals surface area contributed by atoms with Crippen LogP contribution in [0.15, 0.2) is 47.6 Å². The first-order chi connectivity index (χ1) is 12.3. The average molecular weight is 340 g/mol. The maximum Gasteiger partial charge on any atom is 0.289 e. The molecule has 0 N–H and O–H groups in total. The van der Waals surface area contributed by atoms with Gasteiger partial charge in [-0.1, -0.05) is 5.21 Å². The summed E-state index contributed by atoms with van der Waals surface area (Å²) < 4.78 is 12.5. The Bertz CT molecular complexity index is 833. The van der Waals surface area contributed by atoms with Crippen LogP contribution >= 0.6 is 0 Å². The fraction of sp³-hybridized carbons (Fsp3) is 0.312. The van der Waals surface area contributed by atoms with Crippen molar-refractivity contribution >= 4 is 5.91 Å². The van der Waals surface area contributed by atoms with E-state index in [1.54, 1.807) is 40.3 Å². The molecule has 4 heterocycles. The third-order valence-electron chi connectivity index (χ3n) is 4.02. The molecule has 1 saturated heterocycles. The largest absolute Gasteiger partial charge is 0.470 e. The number of rotatable bonds is 5. The molecule has 0 bridgehead atoms. The summed E-state index contributed by atoms with van der Waals surface area (Å²) in [5.41, 5.74) is 0.696. The summed E-state index contributed by atoms with van der Waals surface area (Å²) in [6.45, 7) is 1.50. The molecule has 1 fully saturated rings. The van der Waals surface area contributed by atoms with Crippen LogP contribution in [0.1, 0.15) is 28.7 Å². The highest BCUT2D eigenvalue weighted by molar-refractivity contribution is 5.91. The standard InChI is InChI=1S/C16H16N6O3/c23-16(14-2-1-7-24-14)21-6-3-13(10-21)22-9-12(19-20-22)11-25-15-8-17-4-5-18-15/h1-2,4-5,7-9,13H,3,6,10-11H2. The topological polar surface area (TPSA) is 99.2 Å². The molecule has 128 valence electrons. The van der Waals surface area contributed by atoms with Gasteiger partial charge in [0, 0.05) is 25.5 Å². The van der Waals surface area contributed by atoms with Crippen molar-refractivity contribution in [1.82, 2.24) is 29.9 Å². The number of carbonyl (C=O) groups excluding carboxylic acids is 1. The quantitative estimate of drug-likeness (QED) is 0.691. The second-order valence-corrected chi connectivity index (χ2v) is 5.69. The van der Waals surface area contributed by atoms with Gasteiger partial charge in [-0.05, 0) is 18.6 Å². The van der Waals surface area contributed by atoms with E-state index in [1.165, 1.54) is 6.26 Å². The van der Waals surface area contributed by atoms with Crippen LogP contribution in [0.25, 0.3) is 0 Å². The van der Waals surface area contributed by atoms with Gasteiger partial charge < -0.3 is 14.1 Å². The third kappa shape index (κ3) is 3.35. The minimum Gasteiger partial charge on any atom is -0.470 e. The van der Waals surface area contributed by atoms with Gasteiger partial charge in [-0.25, -0.2) is 9.67 Å². The van der Waals surface area contributed by atoms with Crippen LogP contribution in [-0.2, 0) is 6.61 Å². The van der Waals surface area contributed by atoms with E-state index >= 15 is 0 Å². The fourth-order valence-corrected chi connectivity index (χ4v) is 2.76. The van der Waals surface area contributed by atoms with Crippen LogP contribution in [0.2, 0.25) is 0 Å². The number of carbonyl (C=O) groups is 1. The summed E-state index contributed by atoms with van der Waals surface area (Å²) in [6, 6.07) is 3.48. The highest BCUT2D eigenvalue weighted by Gasteiger charge is 2.30. The molecule has 25 heavy (non-hydrogen) atoms. The van der Waals surface area contributed by atoms with E-state index in [4.69, 9.17) is 9.15 Å². The van der Waals surface area contributed by atoms with E-state index in [9.17, 15) is 4.79 Å². The predicted octanol–water partition coefficient (Wildman–Crippen LogP) is 1.33. The molecule has 1 amide bonds. The van der Waals surface area contributed by atoms with Crippen molar-refractivity contribution in [3.63, 3.8) is 0 Å². The molecule has 1 aliphatic heterocycles. The van der Waals surface area contributed by atoms with E-state index < -0.39 is 0 Å². The fourth-order valence-electron chi connectivity index (χ4n) is 2.76. The molecule has 3 aromatic heterocycles. The lowest BCUT2D eigenvalue weighted by Gasteiger charge is -2.14. The molecule has 1 atom stereocenters. The number of hydrogen-bond donors (Lipinski definition) is 0. The van der Waals surface area contributed by atoms with E-state index in [0.717, 1.165) is 6.42 Å². The molecule has 0 saturated carbocycles. The first-order valence-corrected chi connectivity index (χ1v) is 7.92. The van der Waals surface area contributed by atoms with Gasteiger partial charge in [-0.15, -0.1) is 5.10 Å². The lowest BCUT2D eigenvalue weighted by Crippen LogP contribution is -2.28. The second kappa shape index (κ2) is 6.71. The number of nitrogens with zero attached hydrogens (tertiary/aromatic N) is 6. The Morgan fingerprint density at radius 2 is 2.36 bits per heavy atom. The maximum atomic E-state index is 12.3. The third-order valence-corrected chi connectivity index (χ3v) is 4.02. The van der Waals surface area contributed by atoms with Crippen LogP contribution in [0.4, 0.5) is 0 Å². The first kappa shape index (κ1) is 15.3. The first-order valence-electron chi connectivity index (χ1n) is 7.92. The Balaban J connectivity index is 1.35. The van der Waals surface area contributed by atoms with Crippen molar-refractivity contribution in [3.05, 3.63) is 54.6 Å². The van der Waals surface area contributed by atoms with Gasteiger partial charge in [0.15, 0.2) is 5.76 Å². The van der Waals surface area contributed by atoms with Crippen molar-refractivity contribution in [2.24, 2.45) is 0 Å². The van der Waals surface area contributed by atoms with Gasteiger partial charge in [-0.2, -0.15) is 0 Å². The normalized spacial score (nSPS) is 17.0. The van der Waals surface area contributed by atoms with Crippen LogP contribution in [0.5, 0.6) is 5.88 Å². The van der Waals surface area contributed by atoms with E-state index in [0.29, 0.717) is 30.4 Å². The Hall–Kier alpha value is -3.23. The zero-order chi connectivity index (χ0) is 17.1. The summed E-state index contributed by atoms with van der Waals surface area (Å²) >= 11 is 0. The second-order valence-electron chi connectivity index (χ2n) is 5.69. The minimum absolute atomic E-state index is 0.0941. The summed E-state index contributed by atoms with van der Waals surface area (Å²) in [5, 5.41) is 8.27. The SMILES string of the molecule is O=C(c1ccco1)N1CCC(n2cc(COc3cnccn3)nn2)C1. The summed E-state index contributed by atoms with van der Waals surface area (Å²) in [7, 11) is 0. The summed E-state index contributed by atoms with van der Waals surface area (Å²) in [5.74, 6) is 0.698. The van der Waals surface area contributed by atoms with Crippen molar-refractivity contribution in [1.29, 1.82) is 0 Å². The van der Waals surface area contributed by atoms with Gasteiger partial charge >= 0.3 is 0 Å². The Morgan fingerprint density at radius 3 is 3.16 bits per heavy atom. The molecule has 3 aromatic rings. The monoisotopic (exact) mass is 340 g/mol. The minimum atomic E-state index is -0.0983. The Morgan fingerprint density at radius 1 is 1.40 bits per heavy atom. The van der Waals surface area contributed by atoms with Gasteiger partial charge in [0.1, 0.15) is 12.3 Å². The molecule has 0 radical (unpaired) electrons. The number of amides is 1. The highest BCUT2D eigenvalue weighted by atomic mass is 16.5. The van der Waals surface area contributed by atoms with Gasteiger partial charge in [0.25, 0.3) is 5.91 Å². The number of ether oxygens (including phenoxy) is 1. The zero-order valence-electron chi connectivity index (χ0n) is 13.4. The van der Waals surface area contributed by atoms with Gasteiger partial charge in [0.2, 0.25) is 5.88 Å². The molecule has 0 aromatic carbocycles. The Kier molecular flexibility index (Phi) is 4.11. The molecule has 0 aliphatic carbocycles. The number of likely N-dealkylation sites (tertiary alicyclic amines) is 1. The van der Waals surface area contributed by atoms with Gasteiger partial charge in [-0.3, -0.25) is 9.78 Å². The van der Waals surface area contributed by atoms with Crippen molar-refractivity contribution in [2.45, 2.75) is 19.1 Å². The van der Waals surface area contributed by atoms with Crippen LogP contribution in [0.3, 0.4) is 0 Å². The van der Waals surface area contributed by atoms with Crippen molar-refractivity contribution in [2.75, 3.05) is 13.1 Å². The summed E-state index contributed by atoms with van der Waals surface area (Å²) in [6.07, 6.45) is 8.84. The summed E-state index contributed by atoms with van der Waals surface area (Å²) in [4.78, 5) is 22.0. The number of hydrogen-bond acceptors (Lipinski definition) is 7. The molecule has 0 spiro atoms. The van der Waals surface area contributed by atoms with E-state index in [-0.39, 0.29) is 18.6 Å². The highest BCUT2D eigenvalue weighted by Crippen LogP contribution is 2.22.